The Hall–Kier alpha value is -2.12. The molecule has 0 saturated heterocycles. The van der Waals surface area contributed by atoms with E-state index in [1.807, 2.05) is 0 Å². The fourth-order valence-electron chi connectivity index (χ4n) is 1.92. The van der Waals surface area contributed by atoms with Crippen LogP contribution in [0.15, 0.2) is 45.7 Å². The van der Waals surface area contributed by atoms with E-state index < -0.39 is 10.0 Å². The van der Waals surface area contributed by atoms with E-state index in [0.717, 1.165) is 4.31 Å². The number of nitrogens with one attached hydrogen (secondary N) is 1. The second-order valence-corrected chi connectivity index (χ2v) is 7.11. The predicted octanol–water partition coefficient (Wildman–Crippen LogP) is 1.77. The zero-order valence-corrected chi connectivity index (χ0v) is 13.5. The SMILES string of the molecule is Cc1ccc(C(=O)NCc2ccccc2S(=O)(=O)N(C)C)o1. The summed E-state index contributed by atoms with van der Waals surface area (Å²) in [7, 11) is -0.620. The minimum atomic E-state index is -3.56. The van der Waals surface area contributed by atoms with Crippen molar-refractivity contribution in [3.8, 4) is 0 Å². The van der Waals surface area contributed by atoms with E-state index in [9.17, 15) is 13.2 Å². The zero-order valence-electron chi connectivity index (χ0n) is 12.7. The Kier molecular flexibility index (Phi) is 4.68. The van der Waals surface area contributed by atoms with E-state index in [1.165, 1.54) is 20.2 Å². The third-order valence-electron chi connectivity index (χ3n) is 3.13. The molecular formula is C15H18N2O4S. The molecule has 0 bridgehead atoms. The Morgan fingerprint density at radius 1 is 1.18 bits per heavy atom. The maximum Gasteiger partial charge on any atom is 0.287 e. The van der Waals surface area contributed by atoms with Gasteiger partial charge in [-0.15, -0.1) is 0 Å². The van der Waals surface area contributed by atoms with Crippen molar-refractivity contribution in [2.75, 3.05) is 14.1 Å². The molecule has 0 radical (unpaired) electrons. The number of hydrogen-bond donors (Lipinski definition) is 1. The third kappa shape index (κ3) is 3.37. The number of amides is 1. The fraction of sp³-hybridized carbons (Fsp3) is 0.267. The first-order valence-electron chi connectivity index (χ1n) is 6.67. The molecule has 7 heteroatoms. The molecule has 0 atom stereocenters. The number of aryl methyl sites for hydroxylation is 1. The number of furan rings is 1. The third-order valence-corrected chi connectivity index (χ3v) is 5.05. The molecule has 2 rings (SSSR count). The standard InChI is InChI=1S/C15H18N2O4S/c1-11-8-9-13(21-11)15(18)16-10-12-6-4-5-7-14(12)22(19,20)17(2)3/h4-9H,10H2,1-3H3,(H,16,18). The smallest absolute Gasteiger partial charge is 0.287 e. The van der Waals surface area contributed by atoms with Crippen LogP contribution in [0.5, 0.6) is 0 Å². The Balaban J connectivity index is 2.19. The molecule has 1 aromatic heterocycles. The summed E-state index contributed by atoms with van der Waals surface area (Å²) in [6.07, 6.45) is 0. The summed E-state index contributed by atoms with van der Waals surface area (Å²) >= 11 is 0. The highest BCUT2D eigenvalue weighted by atomic mass is 32.2. The predicted molar refractivity (Wildman–Crippen MR) is 81.9 cm³/mol. The molecule has 0 spiro atoms. The van der Waals surface area contributed by atoms with Gasteiger partial charge in [-0.3, -0.25) is 4.79 Å². The van der Waals surface area contributed by atoms with Gasteiger partial charge in [-0.2, -0.15) is 0 Å². The van der Waals surface area contributed by atoms with E-state index in [4.69, 9.17) is 4.42 Å². The van der Waals surface area contributed by atoms with Gasteiger partial charge in [0.1, 0.15) is 5.76 Å². The molecule has 118 valence electrons. The highest BCUT2D eigenvalue weighted by Crippen LogP contribution is 2.18. The van der Waals surface area contributed by atoms with Crippen LogP contribution in [0.3, 0.4) is 0 Å². The van der Waals surface area contributed by atoms with Crippen LogP contribution >= 0.6 is 0 Å². The first kappa shape index (κ1) is 16.3. The number of benzene rings is 1. The van der Waals surface area contributed by atoms with Gasteiger partial charge >= 0.3 is 0 Å². The first-order valence-corrected chi connectivity index (χ1v) is 8.11. The maximum atomic E-state index is 12.3. The molecule has 1 heterocycles. The zero-order chi connectivity index (χ0) is 16.3. The monoisotopic (exact) mass is 322 g/mol. The normalized spacial score (nSPS) is 11.6. The summed E-state index contributed by atoms with van der Waals surface area (Å²) in [5.74, 6) is 0.455. The first-order chi connectivity index (χ1) is 10.3. The Morgan fingerprint density at radius 3 is 2.45 bits per heavy atom. The molecule has 0 fully saturated rings. The highest BCUT2D eigenvalue weighted by molar-refractivity contribution is 7.89. The second-order valence-electron chi connectivity index (χ2n) is 4.99. The molecule has 22 heavy (non-hydrogen) atoms. The number of rotatable bonds is 5. The lowest BCUT2D eigenvalue weighted by molar-refractivity contribution is 0.0921. The van der Waals surface area contributed by atoms with Crippen LogP contribution in [-0.4, -0.2) is 32.7 Å². The Morgan fingerprint density at radius 2 is 1.86 bits per heavy atom. The van der Waals surface area contributed by atoms with Gasteiger partial charge in [0.2, 0.25) is 10.0 Å². The molecule has 0 aliphatic carbocycles. The van der Waals surface area contributed by atoms with E-state index in [2.05, 4.69) is 5.32 Å². The van der Waals surface area contributed by atoms with Gasteiger partial charge in [0, 0.05) is 20.6 Å². The molecule has 0 saturated carbocycles. The number of carbonyl (C=O) groups excluding carboxylic acids is 1. The molecule has 0 unspecified atom stereocenters. The number of carbonyl (C=O) groups is 1. The Labute approximate surface area is 129 Å². The lowest BCUT2D eigenvalue weighted by atomic mass is 10.2. The summed E-state index contributed by atoms with van der Waals surface area (Å²) < 4.78 is 30.9. The van der Waals surface area contributed by atoms with Gasteiger partial charge in [0.25, 0.3) is 5.91 Å². The lowest BCUT2D eigenvalue weighted by Crippen LogP contribution is -2.26. The average Bonchev–Trinajstić information content (AvgIpc) is 2.91. The minimum absolute atomic E-state index is 0.0990. The van der Waals surface area contributed by atoms with Crippen LogP contribution in [-0.2, 0) is 16.6 Å². The van der Waals surface area contributed by atoms with Gasteiger partial charge in [0.05, 0.1) is 4.90 Å². The van der Waals surface area contributed by atoms with Gasteiger partial charge < -0.3 is 9.73 Å². The Bertz CT molecular complexity index is 778. The van der Waals surface area contributed by atoms with E-state index in [-0.39, 0.29) is 23.1 Å². The molecule has 2 aromatic rings. The van der Waals surface area contributed by atoms with E-state index in [1.54, 1.807) is 37.3 Å². The summed E-state index contributed by atoms with van der Waals surface area (Å²) in [4.78, 5) is 12.1. The van der Waals surface area contributed by atoms with E-state index in [0.29, 0.717) is 11.3 Å². The van der Waals surface area contributed by atoms with Crippen LogP contribution in [0.25, 0.3) is 0 Å². The summed E-state index contributed by atoms with van der Waals surface area (Å²) in [5, 5.41) is 2.66. The van der Waals surface area contributed by atoms with Crippen molar-refractivity contribution in [1.29, 1.82) is 0 Å². The fourth-order valence-corrected chi connectivity index (χ4v) is 3.03. The highest BCUT2D eigenvalue weighted by Gasteiger charge is 2.21. The van der Waals surface area contributed by atoms with Crippen molar-refractivity contribution >= 4 is 15.9 Å². The molecule has 6 nitrogen and oxygen atoms in total. The van der Waals surface area contributed by atoms with Crippen LogP contribution in [0.2, 0.25) is 0 Å². The summed E-state index contributed by atoms with van der Waals surface area (Å²) in [5.41, 5.74) is 0.521. The van der Waals surface area contributed by atoms with Crippen LogP contribution in [0, 0.1) is 6.92 Å². The van der Waals surface area contributed by atoms with Gasteiger partial charge in [-0.25, -0.2) is 12.7 Å². The molecule has 1 N–H and O–H groups in total. The van der Waals surface area contributed by atoms with Crippen molar-refractivity contribution in [3.63, 3.8) is 0 Å². The molecule has 0 aliphatic heterocycles. The van der Waals surface area contributed by atoms with Crippen LogP contribution in [0.1, 0.15) is 21.9 Å². The molecule has 1 aromatic carbocycles. The number of nitrogens with zero attached hydrogens (tertiary/aromatic N) is 1. The van der Waals surface area contributed by atoms with Gasteiger partial charge in [-0.1, -0.05) is 18.2 Å². The van der Waals surface area contributed by atoms with Gasteiger partial charge in [0.15, 0.2) is 5.76 Å². The molecule has 0 aliphatic rings. The van der Waals surface area contributed by atoms with Gasteiger partial charge in [-0.05, 0) is 30.7 Å². The average molecular weight is 322 g/mol. The molecule has 1 amide bonds. The van der Waals surface area contributed by atoms with E-state index >= 15 is 0 Å². The van der Waals surface area contributed by atoms with Crippen LogP contribution in [0.4, 0.5) is 0 Å². The van der Waals surface area contributed by atoms with Crippen molar-refractivity contribution in [2.24, 2.45) is 0 Å². The maximum absolute atomic E-state index is 12.3. The summed E-state index contributed by atoms with van der Waals surface area (Å²) in [6.45, 7) is 1.84. The van der Waals surface area contributed by atoms with Crippen molar-refractivity contribution in [2.45, 2.75) is 18.4 Å². The number of sulfonamides is 1. The quantitative estimate of drug-likeness (QED) is 0.910. The molecular weight excluding hydrogens is 304 g/mol. The van der Waals surface area contributed by atoms with Crippen molar-refractivity contribution < 1.29 is 17.6 Å². The topological polar surface area (TPSA) is 79.6 Å². The second kappa shape index (κ2) is 6.33. The minimum Gasteiger partial charge on any atom is -0.456 e. The summed E-state index contributed by atoms with van der Waals surface area (Å²) in [6, 6.07) is 9.84. The largest absolute Gasteiger partial charge is 0.456 e. The van der Waals surface area contributed by atoms with Crippen molar-refractivity contribution in [3.05, 3.63) is 53.5 Å². The van der Waals surface area contributed by atoms with Crippen LogP contribution < -0.4 is 5.32 Å². The van der Waals surface area contributed by atoms with Crippen molar-refractivity contribution in [1.82, 2.24) is 9.62 Å². The number of hydrogen-bond acceptors (Lipinski definition) is 4. The lowest BCUT2D eigenvalue weighted by Gasteiger charge is -2.15.